The van der Waals surface area contributed by atoms with Crippen molar-refractivity contribution >= 4 is 11.8 Å². The van der Waals surface area contributed by atoms with Crippen LogP contribution in [0.1, 0.15) is 37.5 Å². The minimum atomic E-state index is -0.0418. The van der Waals surface area contributed by atoms with Gasteiger partial charge in [0, 0.05) is 9.79 Å². The van der Waals surface area contributed by atoms with Crippen LogP contribution in [0, 0.1) is 11.3 Å². The molecule has 0 aliphatic rings. The maximum atomic E-state index is 9.22. The van der Waals surface area contributed by atoms with Crippen molar-refractivity contribution in [2.24, 2.45) is 0 Å². The lowest BCUT2D eigenvalue weighted by Crippen LogP contribution is -2.10. The molecule has 0 saturated heterocycles. The first kappa shape index (κ1) is 15.6. The predicted molar refractivity (Wildman–Crippen MR) is 86.3 cm³/mol. The number of aliphatic hydroxyl groups excluding tert-OH is 1. The summed E-state index contributed by atoms with van der Waals surface area (Å²) in [4.78, 5) is 2.02. The van der Waals surface area contributed by atoms with Crippen molar-refractivity contribution in [3.63, 3.8) is 0 Å². The fraction of sp³-hybridized carbons (Fsp3) is 0.278. The van der Waals surface area contributed by atoms with Gasteiger partial charge in [0.15, 0.2) is 0 Å². The Morgan fingerprint density at radius 2 is 1.76 bits per heavy atom. The highest BCUT2D eigenvalue weighted by Gasteiger charge is 2.13. The van der Waals surface area contributed by atoms with Crippen molar-refractivity contribution in [1.82, 2.24) is 0 Å². The predicted octanol–water partition coefficient (Wildman–Crippen LogP) is 4.50. The van der Waals surface area contributed by atoms with Crippen LogP contribution in [0.2, 0.25) is 0 Å². The minimum absolute atomic E-state index is 0.0418. The first-order valence-electron chi connectivity index (χ1n) is 6.86. The van der Waals surface area contributed by atoms with Crippen molar-refractivity contribution < 1.29 is 5.11 Å². The van der Waals surface area contributed by atoms with Gasteiger partial charge in [0.25, 0.3) is 0 Å². The number of hydrogen-bond donors (Lipinski definition) is 1. The summed E-state index contributed by atoms with van der Waals surface area (Å²) in [6.07, 6.45) is 0. The highest BCUT2D eigenvalue weighted by atomic mass is 32.2. The van der Waals surface area contributed by atoms with Crippen LogP contribution >= 0.6 is 11.8 Å². The van der Waals surface area contributed by atoms with Crippen molar-refractivity contribution in [1.29, 1.82) is 5.26 Å². The number of aliphatic hydroxyl groups is 1. The van der Waals surface area contributed by atoms with E-state index in [1.165, 1.54) is 5.56 Å². The van der Waals surface area contributed by atoms with E-state index in [0.717, 1.165) is 15.4 Å². The van der Waals surface area contributed by atoms with Gasteiger partial charge in [0.1, 0.15) is 6.07 Å². The van der Waals surface area contributed by atoms with Gasteiger partial charge in [-0.1, -0.05) is 50.7 Å². The van der Waals surface area contributed by atoms with E-state index in [2.05, 4.69) is 51.1 Å². The second-order valence-corrected chi connectivity index (χ2v) is 7.09. The summed E-state index contributed by atoms with van der Waals surface area (Å²) >= 11 is 1.57. The number of nitrogens with zero attached hydrogens (tertiary/aromatic N) is 1. The van der Waals surface area contributed by atoms with Crippen LogP contribution in [0.5, 0.6) is 0 Å². The summed E-state index contributed by atoms with van der Waals surface area (Å²) in [6.45, 7) is 6.53. The Kier molecular flexibility index (Phi) is 4.72. The first-order valence-corrected chi connectivity index (χ1v) is 7.68. The molecule has 0 spiro atoms. The first-order chi connectivity index (χ1) is 9.94. The van der Waals surface area contributed by atoms with Gasteiger partial charge in [-0.25, -0.2) is 0 Å². The summed E-state index contributed by atoms with van der Waals surface area (Å²) < 4.78 is 0. The van der Waals surface area contributed by atoms with Gasteiger partial charge in [-0.05, 0) is 40.8 Å². The molecule has 0 unspecified atom stereocenters. The van der Waals surface area contributed by atoms with E-state index in [4.69, 9.17) is 5.11 Å². The normalized spacial score (nSPS) is 11.2. The third-order valence-corrected chi connectivity index (χ3v) is 4.38. The van der Waals surface area contributed by atoms with Gasteiger partial charge < -0.3 is 5.11 Å². The molecule has 0 fully saturated rings. The summed E-state index contributed by atoms with van der Waals surface area (Å²) in [7, 11) is 0. The molecule has 2 rings (SSSR count). The van der Waals surface area contributed by atoms with E-state index in [1.54, 1.807) is 17.8 Å². The van der Waals surface area contributed by atoms with E-state index in [9.17, 15) is 5.26 Å². The molecular formula is C18H19NOS. The Hall–Kier alpha value is -1.76. The standard InChI is InChI=1S/C18H19NOS/c1-18(2,3)15-5-7-16(8-6-15)21-17-9-4-13(12-20)10-14(17)11-19/h4-10,20H,12H2,1-3H3. The third-order valence-electron chi connectivity index (χ3n) is 3.30. The molecule has 0 heterocycles. The van der Waals surface area contributed by atoms with E-state index >= 15 is 0 Å². The maximum Gasteiger partial charge on any atom is 0.100 e. The zero-order valence-electron chi connectivity index (χ0n) is 12.6. The fourth-order valence-corrected chi connectivity index (χ4v) is 2.88. The van der Waals surface area contributed by atoms with Crippen LogP contribution in [0.25, 0.3) is 0 Å². The van der Waals surface area contributed by atoms with Crippen LogP contribution in [0.3, 0.4) is 0 Å². The monoisotopic (exact) mass is 297 g/mol. The minimum Gasteiger partial charge on any atom is -0.392 e. The van der Waals surface area contributed by atoms with Gasteiger partial charge in [0.2, 0.25) is 0 Å². The molecule has 2 nitrogen and oxygen atoms in total. The topological polar surface area (TPSA) is 44.0 Å². The Morgan fingerprint density at radius 1 is 1.10 bits per heavy atom. The molecule has 2 aromatic rings. The number of rotatable bonds is 3. The number of benzene rings is 2. The molecule has 21 heavy (non-hydrogen) atoms. The molecule has 1 N–H and O–H groups in total. The zero-order chi connectivity index (χ0) is 15.5. The quantitative estimate of drug-likeness (QED) is 0.907. The largest absolute Gasteiger partial charge is 0.392 e. The molecule has 0 bridgehead atoms. The number of nitriles is 1. The van der Waals surface area contributed by atoms with Crippen molar-refractivity contribution in [2.75, 3.05) is 0 Å². The average molecular weight is 297 g/mol. The lowest BCUT2D eigenvalue weighted by molar-refractivity contribution is 0.281. The Bertz CT molecular complexity index is 663. The Balaban J connectivity index is 2.25. The summed E-state index contributed by atoms with van der Waals surface area (Å²) in [5.74, 6) is 0. The Labute approximate surface area is 130 Å². The molecule has 0 aliphatic heterocycles. The molecule has 0 atom stereocenters. The second-order valence-electron chi connectivity index (χ2n) is 5.98. The van der Waals surface area contributed by atoms with Crippen LogP contribution < -0.4 is 0 Å². The van der Waals surface area contributed by atoms with Gasteiger partial charge >= 0.3 is 0 Å². The lowest BCUT2D eigenvalue weighted by Gasteiger charge is -2.19. The highest BCUT2D eigenvalue weighted by molar-refractivity contribution is 7.99. The van der Waals surface area contributed by atoms with Crippen LogP contribution in [-0.2, 0) is 12.0 Å². The van der Waals surface area contributed by atoms with Crippen molar-refractivity contribution in [3.8, 4) is 6.07 Å². The van der Waals surface area contributed by atoms with Gasteiger partial charge in [-0.15, -0.1) is 0 Å². The molecule has 0 radical (unpaired) electrons. The smallest absolute Gasteiger partial charge is 0.100 e. The summed E-state index contributed by atoms with van der Waals surface area (Å²) in [5, 5.41) is 18.4. The molecule has 0 aliphatic carbocycles. The molecule has 0 saturated carbocycles. The Morgan fingerprint density at radius 3 is 2.29 bits per heavy atom. The fourth-order valence-electron chi connectivity index (χ4n) is 2.00. The second kappa shape index (κ2) is 6.34. The third kappa shape index (κ3) is 3.87. The highest BCUT2D eigenvalue weighted by Crippen LogP contribution is 2.32. The van der Waals surface area contributed by atoms with Crippen molar-refractivity contribution in [3.05, 3.63) is 59.2 Å². The zero-order valence-corrected chi connectivity index (χ0v) is 13.4. The summed E-state index contributed by atoms with van der Waals surface area (Å²) in [6, 6.07) is 16.1. The number of hydrogen-bond acceptors (Lipinski definition) is 3. The molecule has 2 aromatic carbocycles. The van der Waals surface area contributed by atoms with E-state index in [1.807, 2.05) is 12.1 Å². The molecule has 108 valence electrons. The van der Waals surface area contributed by atoms with Crippen LogP contribution in [-0.4, -0.2) is 5.11 Å². The molecule has 3 heteroatoms. The van der Waals surface area contributed by atoms with Crippen LogP contribution in [0.4, 0.5) is 0 Å². The SMILES string of the molecule is CC(C)(C)c1ccc(Sc2ccc(CO)cc2C#N)cc1. The molecule has 0 amide bonds. The summed E-state index contributed by atoms with van der Waals surface area (Å²) in [5.41, 5.74) is 2.80. The van der Waals surface area contributed by atoms with E-state index in [-0.39, 0.29) is 12.0 Å². The van der Waals surface area contributed by atoms with E-state index < -0.39 is 0 Å². The average Bonchev–Trinajstić information content (AvgIpc) is 2.47. The maximum absolute atomic E-state index is 9.22. The van der Waals surface area contributed by atoms with Gasteiger partial charge in [-0.2, -0.15) is 5.26 Å². The van der Waals surface area contributed by atoms with E-state index in [0.29, 0.717) is 5.56 Å². The molecular weight excluding hydrogens is 278 g/mol. The van der Waals surface area contributed by atoms with Gasteiger partial charge in [0.05, 0.1) is 12.2 Å². The van der Waals surface area contributed by atoms with Crippen LogP contribution in [0.15, 0.2) is 52.3 Å². The van der Waals surface area contributed by atoms with Gasteiger partial charge in [-0.3, -0.25) is 0 Å². The molecule has 0 aromatic heterocycles. The van der Waals surface area contributed by atoms with Crippen molar-refractivity contribution in [2.45, 2.75) is 42.6 Å². The lowest BCUT2D eigenvalue weighted by atomic mass is 9.87.